The van der Waals surface area contributed by atoms with Crippen LogP contribution < -0.4 is 0 Å². The van der Waals surface area contributed by atoms with E-state index in [9.17, 15) is 4.39 Å². The van der Waals surface area contributed by atoms with E-state index in [0.29, 0.717) is 6.42 Å². The second-order valence-electron chi connectivity index (χ2n) is 2.76. The first-order chi connectivity index (χ1) is 5.09. The van der Waals surface area contributed by atoms with Crippen molar-refractivity contribution in [2.24, 2.45) is 5.92 Å². The largest absolute Gasteiger partial charge is 0.211 e. The van der Waals surface area contributed by atoms with Gasteiger partial charge in [0, 0.05) is 0 Å². The van der Waals surface area contributed by atoms with Gasteiger partial charge in [0.25, 0.3) is 0 Å². The van der Waals surface area contributed by atoms with Gasteiger partial charge in [-0.05, 0) is 18.4 Å². The van der Waals surface area contributed by atoms with E-state index in [1.54, 1.807) is 6.08 Å². The van der Waals surface area contributed by atoms with E-state index in [0.717, 1.165) is 0 Å². The third-order valence-electron chi connectivity index (χ3n) is 1.33. The molecular weight excluding hydrogens is 163 g/mol. The summed E-state index contributed by atoms with van der Waals surface area (Å²) >= 11 is 5.72. The van der Waals surface area contributed by atoms with Gasteiger partial charge in [-0.25, -0.2) is 4.39 Å². The highest BCUT2D eigenvalue weighted by atomic mass is 35.5. The zero-order chi connectivity index (χ0) is 8.85. The van der Waals surface area contributed by atoms with Gasteiger partial charge >= 0.3 is 0 Å². The molecule has 1 atom stereocenters. The first-order valence-corrected chi connectivity index (χ1v) is 4.13. The molecule has 0 heterocycles. The maximum Gasteiger partial charge on any atom is 0.114 e. The molecule has 0 radical (unpaired) electrons. The molecule has 1 unspecified atom stereocenters. The topological polar surface area (TPSA) is 0 Å². The van der Waals surface area contributed by atoms with Crippen LogP contribution in [0.4, 0.5) is 4.39 Å². The van der Waals surface area contributed by atoms with Crippen LogP contribution in [0.1, 0.15) is 20.3 Å². The molecule has 2 heteroatoms. The minimum absolute atomic E-state index is 0.137. The summed E-state index contributed by atoms with van der Waals surface area (Å²) in [5.74, 6) is -0.112. The molecule has 11 heavy (non-hydrogen) atoms. The summed E-state index contributed by atoms with van der Waals surface area (Å²) in [6.45, 7) is 7.26. The zero-order valence-corrected chi connectivity index (χ0v) is 7.74. The van der Waals surface area contributed by atoms with Crippen molar-refractivity contribution in [3.63, 3.8) is 0 Å². The molecule has 0 nitrogen and oxygen atoms in total. The number of hydrogen-bond donors (Lipinski definition) is 0. The fourth-order valence-electron chi connectivity index (χ4n) is 0.627. The molecule has 0 aromatic heterocycles. The summed E-state index contributed by atoms with van der Waals surface area (Å²) in [6, 6.07) is 0. The van der Waals surface area contributed by atoms with Crippen LogP contribution in [0.15, 0.2) is 24.6 Å². The van der Waals surface area contributed by atoms with Crippen molar-refractivity contribution in [1.29, 1.82) is 0 Å². The van der Waals surface area contributed by atoms with Crippen LogP contribution >= 0.6 is 11.6 Å². The predicted molar refractivity (Wildman–Crippen MR) is 48.5 cm³/mol. The monoisotopic (exact) mass is 176 g/mol. The summed E-state index contributed by atoms with van der Waals surface area (Å²) in [7, 11) is 0. The van der Waals surface area contributed by atoms with Crippen LogP contribution in [0.3, 0.4) is 0 Å². The molecule has 0 saturated carbocycles. The third kappa shape index (κ3) is 4.20. The second-order valence-corrected chi connectivity index (χ2v) is 3.23. The van der Waals surface area contributed by atoms with Gasteiger partial charge in [0.05, 0.1) is 5.38 Å². The zero-order valence-electron chi connectivity index (χ0n) is 6.98. The van der Waals surface area contributed by atoms with Crippen LogP contribution in [0.5, 0.6) is 0 Å². The van der Waals surface area contributed by atoms with Gasteiger partial charge in [0.1, 0.15) is 5.83 Å². The highest BCUT2D eigenvalue weighted by Gasteiger charge is 2.13. The van der Waals surface area contributed by atoms with Gasteiger partial charge in [0.15, 0.2) is 0 Å². The fraction of sp³-hybridized carbons (Fsp3) is 0.556. The van der Waals surface area contributed by atoms with Crippen LogP contribution in [-0.4, -0.2) is 5.38 Å². The van der Waals surface area contributed by atoms with E-state index in [4.69, 9.17) is 11.6 Å². The Morgan fingerprint density at radius 3 is 2.55 bits per heavy atom. The van der Waals surface area contributed by atoms with Gasteiger partial charge < -0.3 is 0 Å². The van der Waals surface area contributed by atoms with E-state index < -0.39 is 5.38 Å². The predicted octanol–water partition coefficient (Wildman–Crippen LogP) is 3.68. The number of allylic oxidation sites excluding steroid dienone is 3. The fourth-order valence-corrected chi connectivity index (χ4v) is 0.716. The van der Waals surface area contributed by atoms with Crippen LogP contribution in [0, 0.1) is 5.92 Å². The SMILES string of the molecule is C=CCC=C(F)C(Cl)C(C)C. The molecule has 0 aliphatic heterocycles. The summed E-state index contributed by atoms with van der Waals surface area (Å²) < 4.78 is 12.9. The van der Waals surface area contributed by atoms with Gasteiger partial charge in [-0.1, -0.05) is 19.9 Å². The van der Waals surface area contributed by atoms with Gasteiger partial charge in [-0.2, -0.15) is 0 Å². The Labute approximate surface area is 72.7 Å². The van der Waals surface area contributed by atoms with Crippen molar-refractivity contribution >= 4 is 11.6 Å². The van der Waals surface area contributed by atoms with Gasteiger partial charge in [-0.15, -0.1) is 18.2 Å². The normalized spacial score (nSPS) is 15.2. The third-order valence-corrected chi connectivity index (χ3v) is 2.04. The lowest BCUT2D eigenvalue weighted by atomic mass is 10.1. The molecule has 0 spiro atoms. The minimum atomic E-state index is -0.491. The molecule has 0 aliphatic carbocycles. The standard InChI is InChI=1S/C9H14ClF/c1-4-5-6-8(11)9(10)7(2)3/h4,6-7,9H,1,5H2,2-3H3. The maximum absolute atomic E-state index is 12.9. The Kier molecular flexibility index (Phi) is 5.22. The van der Waals surface area contributed by atoms with Crippen molar-refractivity contribution in [1.82, 2.24) is 0 Å². The van der Waals surface area contributed by atoms with Crippen molar-refractivity contribution in [2.45, 2.75) is 25.6 Å². The Morgan fingerprint density at radius 2 is 2.18 bits per heavy atom. The second kappa shape index (κ2) is 5.36. The maximum atomic E-state index is 12.9. The van der Waals surface area contributed by atoms with E-state index >= 15 is 0 Å². The number of halogens is 2. The van der Waals surface area contributed by atoms with Crippen molar-refractivity contribution in [2.75, 3.05) is 0 Å². The number of rotatable bonds is 4. The first-order valence-electron chi connectivity index (χ1n) is 3.70. The molecule has 0 saturated heterocycles. The highest BCUT2D eigenvalue weighted by molar-refractivity contribution is 6.22. The molecular formula is C9H14ClF. The number of hydrogen-bond acceptors (Lipinski definition) is 0. The number of alkyl halides is 1. The van der Waals surface area contributed by atoms with Crippen molar-refractivity contribution in [3.8, 4) is 0 Å². The Bertz CT molecular complexity index is 150. The molecule has 64 valence electrons. The lowest BCUT2D eigenvalue weighted by Gasteiger charge is -2.09. The average molecular weight is 177 g/mol. The molecule has 0 fully saturated rings. The highest BCUT2D eigenvalue weighted by Crippen LogP contribution is 2.20. The lowest BCUT2D eigenvalue weighted by Crippen LogP contribution is -2.07. The summed E-state index contributed by atoms with van der Waals surface area (Å²) in [6.07, 6.45) is 3.65. The average Bonchev–Trinajstić information content (AvgIpc) is 1.98. The molecule has 0 N–H and O–H groups in total. The molecule has 0 aliphatic rings. The first kappa shape index (κ1) is 10.7. The van der Waals surface area contributed by atoms with E-state index in [1.165, 1.54) is 6.08 Å². The summed E-state index contributed by atoms with van der Waals surface area (Å²) in [5, 5.41) is -0.491. The lowest BCUT2D eigenvalue weighted by molar-refractivity contribution is 0.520. The Morgan fingerprint density at radius 1 is 1.64 bits per heavy atom. The van der Waals surface area contributed by atoms with Crippen LogP contribution in [-0.2, 0) is 0 Å². The molecule has 0 rings (SSSR count). The van der Waals surface area contributed by atoms with Crippen LogP contribution in [0.25, 0.3) is 0 Å². The summed E-state index contributed by atoms with van der Waals surface area (Å²) in [5.41, 5.74) is 0. The Hall–Kier alpha value is -0.300. The molecule has 0 amide bonds. The summed E-state index contributed by atoms with van der Waals surface area (Å²) in [4.78, 5) is 0. The van der Waals surface area contributed by atoms with Gasteiger partial charge in [0.2, 0.25) is 0 Å². The molecule has 0 bridgehead atoms. The van der Waals surface area contributed by atoms with Crippen molar-refractivity contribution < 1.29 is 4.39 Å². The van der Waals surface area contributed by atoms with Gasteiger partial charge in [-0.3, -0.25) is 0 Å². The Balaban J connectivity index is 3.99. The van der Waals surface area contributed by atoms with Crippen LogP contribution in [0.2, 0.25) is 0 Å². The molecule has 0 aromatic rings. The quantitative estimate of drug-likeness (QED) is 0.453. The van der Waals surface area contributed by atoms with E-state index in [1.807, 2.05) is 13.8 Å². The van der Waals surface area contributed by atoms with Crippen molar-refractivity contribution in [3.05, 3.63) is 24.6 Å². The van der Waals surface area contributed by atoms with E-state index in [2.05, 4.69) is 6.58 Å². The molecule has 0 aromatic carbocycles. The van der Waals surface area contributed by atoms with E-state index in [-0.39, 0.29) is 11.7 Å². The smallest absolute Gasteiger partial charge is 0.114 e. The minimum Gasteiger partial charge on any atom is -0.211 e.